The maximum Gasteiger partial charge on any atom is 0.317 e. The minimum Gasteiger partial charge on any atom is -0.395 e. The second-order valence-corrected chi connectivity index (χ2v) is 4.88. The van der Waals surface area contributed by atoms with E-state index < -0.39 is 0 Å². The summed E-state index contributed by atoms with van der Waals surface area (Å²) in [7, 11) is 0. The van der Waals surface area contributed by atoms with E-state index in [0.717, 1.165) is 17.7 Å². The van der Waals surface area contributed by atoms with E-state index in [1.807, 2.05) is 31.2 Å². The van der Waals surface area contributed by atoms with Crippen LogP contribution in [0, 0.1) is 0 Å². The van der Waals surface area contributed by atoms with Gasteiger partial charge >= 0.3 is 6.03 Å². The zero-order chi connectivity index (χ0) is 15.8. The number of rotatable bonds is 7. The molecule has 0 atom stereocenters. The first-order valence-corrected chi connectivity index (χ1v) is 7.32. The van der Waals surface area contributed by atoms with Crippen molar-refractivity contribution in [3.8, 4) is 5.69 Å². The number of aromatic nitrogens is 3. The number of carbonyl (C=O) groups is 1. The molecule has 0 aliphatic heterocycles. The lowest BCUT2D eigenvalue weighted by Crippen LogP contribution is -2.41. The van der Waals surface area contributed by atoms with Crippen molar-refractivity contribution in [2.24, 2.45) is 0 Å². The average molecular weight is 303 g/mol. The van der Waals surface area contributed by atoms with Crippen LogP contribution >= 0.6 is 0 Å². The van der Waals surface area contributed by atoms with Crippen LogP contribution in [0.3, 0.4) is 0 Å². The molecule has 1 aromatic carbocycles. The van der Waals surface area contributed by atoms with E-state index in [1.54, 1.807) is 15.9 Å². The van der Waals surface area contributed by atoms with Crippen LogP contribution in [0.2, 0.25) is 0 Å². The smallest absolute Gasteiger partial charge is 0.317 e. The highest BCUT2D eigenvalue weighted by atomic mass is 16.3. The Hall–Kier alpha value is -2.41. The summed E-state index contributed by atoms with van der Waals surface area (Å²) in [5.74, 6) is 0. The van der Waals surface area contributed by atoms with Gasteiger partial charge in [-0.05, 0) is 24.1 Å². The van der Waals surface area contributed by atoms with Gasteiger partial charge in [0.25, 0.3) is 0 Å². The number of aliphatic hydroxyl groups is 1. The fourth-order valence-corrected chi connectivity index (χ4v) is 2.10. The van der Waals surface area contributed by atoms with Gasteiger partial charge in [-0.25, -0.2) is 14.5 Å². The van der Waals surface area contributed by atoms with Gasteiger partial charge in [0.1, 0.15) is 12.7 Å². The van der Waals surface area contributed by atoms with Crippen molar-refractivity contribution >= 4 is 6.03 Å². The van der Waals surface area contributed by atoms with Crippen LogP contribution in [-0.2, 0) is 6.54 Å². The predicted molar refractivity (Wildman–Crippen MR) is 82.5 cm³/mol. The summed E-state index contributed by atoms with van der Waals surface area (Å²) in [6.45, 7) is 3.41. The van der Waals surface area contributed by atoms with E-state index >= 15 is 0 Å². The first kappa shape index (κ1) is 16.0. The van der Waals surface area contributed by atoms with Crippen molar-refractivity contribution in [1.82, 2.24) is 25.0 Å². The summed E-state index contributed by atoms with van der Waals surface area (Å²) < 4.78 is 1.67. The lowest BCUT2D eigenvalue weighted by molar-refractivity contribution is 0.177. The van der Waals surface area contributed by atoms with Crippen molar-refractivity contribution in [2.75, 3.05) is 19.7 Å². The minimum atomic E-state index is -0.156. The summed E-state index contributed by atoms with van der Waals surface area (Å²) in [6, 6.07) is 7.57. The van der Waals surface area contributed by atoms with Gasteiger partial charge in [-0.2, -0.15) is 5.10 Å². The highest BCUT2D eigenvalue weighted by Crippen LogP contribution is 2.08. The molecule has 0 spiro atoms. The molecule has 1 heterocycles. The molecule has 2 rings (SSSR count). The van der Waals surface area contributed by atoms with Gasteiger partial charge in [-0.3, -0.25) is 0 Å². The summed E-state index contributed by atoms with van der Waals surface area (Å²) in [5.41, 5.74) is 1.91. The minimum absolute atomic E-state index is 0.0278. The van der Waals surface area contributed by atoms with Crippen molar-refractivity contribution in [3.63, 3.8) is 0 Å². The number of aliphatic hydroxyl groups excluding tert-OH is 1. The van der Waals surface area contributed by atoms with E-state index in [-0.39, 0.29) is 12.6 Å². The summed E-state index contributed by atoms with van der Waals surface area (Å²) in [5, 5.41) is 15.9. The quantitative estimate of drug-likeness (QED) is 0.804. The van der Waals surface area contributed by atoms with Crippen molar-refractivity contribution in [3.05, 3.63) is 42.5 Å². The maximum atomic E-state index is 12.0. The molecule has 0 saturated carbocycles. The molecule has 7 heteroatoms. The molecule has 0 unspecified atom stereocenters. The highest BCUT2D eigenvalue weighted by molar-refractivity contribution is 5.74. The Kier molecular flexibility index (Phi) is 5.91. The summed E-state index contributed by atoms with van der Waals surface area (Å²) in [6.07, 6.45) is 3.98. The maximum absolute atomic E-state index is 12.0. The van der Waals surface area contributed by atoms with E-state index in [1.165, 1.54) is 6.33 Å². The third-order valence-corrected chi connectivity index (χ3v) is 3.21. The molecule has 2 aromatic rings. The Morgan fingerprint density at radius 3 is 2.68 bits per heavy atom. The van der Waals surface area contributed by atoms with Gasteiger partial charge in [-0.15, -0.1) is 0 Å². The molecular weight excluding hydrogens is 282 g/mol. The third kappa shape index (κ3) is 4.29. The number of hydrogen-bond acceptors (Lipinski definition) is 4. The van der Waals surface area contributed by atoms with Crippen molar-refractivity contribution < 1.29 is 9.90 Å². The van der Waals surface area contributed by atoms with Crippen LogP contribution in [0.15, 0.2) is 36.9 Å². The SMILES string of the molecule is CCCN(CCO)C(=O)NCc1ccc(-n2cncn2)cc1. The lowest BCUT2D eigenvalue weighted by Gasteiger charge is -2.21. The molecule has 2 amide bonds. The van der Waals surface area contributed by atoms with E-state index in [0.29, 0.717) is 19.6 Å². The number of urea groups is 1. The van der Waals surface area contributed by atoms with Crippen LogP contribution in [0.1, 0.15) is 18.9 Å². The Morgan fingerprint density at radius 2 is 2.09 bits per heavy atom. The number of nitrogens with one attached hydrogen (secondary N) is 1. The fourth-order valence-electron chi connectivity index (χ4n) is 2.10. The fraction of sp³-hybridized carbons (Fsp3) is 0.400. The van der Waals surface area contributed by atoms with Crippen LogP contribution in [0.25, 0.3) is 5.69 Å². The van der Waals surface area contributed by atoms with Crippen LogP contribution in [0.4, 0.5) is 4.79 Å². The molecule has 0 aliphatic carbocycles. The molecule has 0 aliphatic rings. The van der Waals surface area contributed by atoms with Gasteiger partial charge < -0.3 is 15.3 Å². The molecule has 2 N–H and O–H groups in total. The summed E-state index contributed by atoms with van der Waals surface area (Å²) in [4.78, 5) is 17.6. The third-order valence-electron chi connectivity index (χ3n) is 3.21. The van der Waals surface area contributed by atoms with E-state index in [9.17, 15) is 4.79 Å². The number of benzene rings is 1. The van der Waals surface area contributed by atoms with E-state index in [2.05, 4.69) is 15.4 Å². The second-order valence-electron chi connectivity index (χ2n) is 4.88. The molecule has 0 bridgehead atoms. The van der Waals surface area contributed by atoms with Crippen LogP contribution < -0.4 is 5.32 Å². The van der Waals surface area contributed by atoms with Crippen LogP contribution in [-0.4, -0.2) is 50.5 Å². The molecule has 118 valence electrons. The van der Waals surface area contributed by atoms with Crippen molar-refractivity contribution in [2.45, 2.75) is 19.9 Å². The van der Waals surface area contributed by atoms with Gasteiger partial charge in [0, 0.05) is 19.6 Å². The van der Waals surface area contributed by atoms with Gasteiger partial charge in [0.15, 0.2) is 0 Å². The molecule has 0 saturated heterocycles. The molecular formula is C15H21N5O2. The van der Waals surface area contributed by atoms with Gasteiger partial charge in [0.05, 0.1) is 12.3 Å². The molecule has 1 aromatic heterocycles. The highest BCUT2D eigenvalue weighted by Gasteiger charge is 2.11. The Balaban J connectivity index is 1.89. The number of amides is 2. The predicted octanol–water partition coefficient (Wildman–Crippen LogP) is 1.18. The second kappa shape index (κ2) is 8.14. The zero-order valence-electron chi connectivity index (χ0n) is 12.6. The number of nitrogens with zero attached hydrogens (tertiary/aromatic N) is 4. The Labute approximate surface area is 129 Å². The molecule has 22 heavy (non-hydrogen) atoms. The molecule has 7 nitrogen and oxygen atoms in total. The first-order chi connectivity index (χ1) is 10.7. The normalized spacial score (nSPS) is 10.5. The van der Waals surface area contributed by atoms with Crippen LogP contribution in [0.5, 0.6) is 0 Å². The number of carbonyl (C=O) groups excluding carboxylic acids is 1. The standard InChI is InChI=1S/C15H21N5O2/c1-2-7-19(8-9-21)15(22)17-10-13-3-5-14(6-4-13)20-12-16-11-18-20/h3-6,11-12,21H,2,7-10H2,1H3,(H,17,22). The topological polar surface area (TPSA) is 83.3 Å². The Bertz CT molecular complexity index is 562. The summed E-state index contributed by atoms with van der Waals surface area (Å²) >= 11 is 0. The molecule has 0 fully saturated rings. The lowest BCUT2D eigenvalue weighted by atomic mass is 10.2. The monoisotopic (exact) mass is 303 g/mol. The molecule has 0 radical (unpaired) electrons. The first-order valence-electron chi connectivity index (χ1n) is 7.32. The van der Waals surface area contributed by atoms with Gasteiger partial charge in [0.2, 0.25) is 0 Å². The van der Waals surface area contributed by atoms with Gasteiger partial charge in [-0.1, -0.05) is 19.1 Å². The largest absolute Gasteiger partial charge is 0.395 e. The Morgan fingerprint density at radius 1 is 1.32 bits per heavy atom. The van der Waals surface area contributed by atoms with E-state index in [4.69, 9.17) is 5.11 Å². The number of hydrogen-bond donors (Lipinski definition) is 2. The average Bonchev–Trinajstić information content (AvgIpc) is 3.07. The van der Waals surface area contributed by atoms with Crippen molar-refractivity contribution in [1.29, 1.82) is 0 Å². The zero-order valence-corrected chi connectivity index (χ0v) is 12.6.